The molecule has 7 heteroatoms. The van der Waals surface area contributed by atoms with Gasteiger partial charge in [0.15, 0.2) is 0 Å². The van der Waals surface area contributed by atoms with E-state index in [-0.39, 0.29) is 11.8 Å². The van der Waals surface area contributed by atoms with Crippen LogP contribution in [0, 0.1) is 0 Å². The van der Waals surface area contributed by atoms with Crippen molar-refractivity contribution in [3.8, 4) is 11.5 Å². The number of unbranched alkanes of at least 4 members (excludes halogenated alkanes) is 1. The van der Waals surface area contributed by atoms with Gasteiger partial charge in [-0.25, -0.2) is 5.43 Å². The number of carbonyl (C=O) groups excluding carboxylic acids is 2. The van der Waals surface area contributed by atoms with E-state index >= 15 is 0 Å². The number of nitrogens with one attached hydrogen (secondary N) is 2. The summed E-state index contributed by atoms with van der Waals surface area (Å²) in [6.07, 6.45) is 3.81. The van der Waals surface area contributed by atoms with Gasteiger partial charge in [-0.05, 0) is 42.8 Å². The molecule has 0 saturated carbocycles. The number of hydrogen-bond donors (Lipinski definition) is 2. The molecule has 0 heterocycles. The van der Waals surface area contributed by atoms with Crippen LogP contribution in [0.15, 0.2) is 47.6 Å². The van der Waals surface area contributed by atoms with E-state index in [1.54, 1.807) is 56.7 Å². The Morgan fingerprint density at radius 2 is 1.82 bits per heavy atom. The lowest BCUT2D eigenvalue weighted by Crippen LogP contribution is -2.18. The number of ether oxygens (including phenoxy) is 2. The van der Waals surface area contributed by atoms with E-state index < -0.39 is 0 Å². The smallest absolute Gasteiger partial charge is 0.271 e. The van der Waals surface area contributed by atoms with Crippen molar-refractivity contribution in [1.29, 1.82) is 0 Å². The molecule has 0 aliphatic carbocycles. The minimum absolute atomic E-state index is 0.0305. The fourth-order valence-corrected chi connectivity index (χ4v) is 2.42. The van der Waals surface area contributed by atoms with Crippen molar-refractivity contribution in [2.24, 2.45) is 5.10 Å². The van der Waals surface area contributed by atoms with Crippen molar-refractivity contribution in [3.05, 3.63) is 53.6 Å². The van der Waals surface area contributed by atoms with Gasteiger partial charge in [0.1, 0.15) is 11.5 Å². The van der Waals surface area contributed by atoms with Gasteiger partial charge in [-0.2, -0.15) is 5.10 Å². The number of methoxy groups -OCH3 is 2. The number of nitrogens with zero attached hydrogens (tertiary/aromatic N) is 1. The molecule has 148 valence electrons. The molecule has 0 saturated heterocycles. The molecule has 0 fully saturated rings. The molecule has 7 nitrogen and oxygen atoms in total. The molecule has 2 amide bonds. The van der Waals surface area contributed by atoms with Crippen LogP contribution in [-0.2, 0) is 4.79 Å². The summed E-state index contributed by atoms with van der Waals surface area (Å²) in [5.41, 5.74) is 4.27. The summed E-state index contributed by atoms with van der Waals surface area (Å²) in [5.74, 6) is 0.866. The monoisotopic (exact) mass is 383 g/mol. The van der Waals surface area contributed by atoms with Gasteiger partial charge >= 0.3 is 0 Å². The topological polar surface area (TPSA) is 89.0 Å². The Labute approximate surface area is 164 Å². The van der Waals surface area contributed by atoms with Crippen LogP contribution in [0.25, 0.3) is 0 Å². The predicted octanol–water partition coefficient (Wildman–Crippen LogP) is 3.60. The summed E-state index contributed by atoms with van der Waals surface area (Å²) in [4.78, 5) is 23.9. The summed E-state index contributed by atoms with van der Waals surface area (Å²) in [7, 11) is 3.12. The summed E-state index contributed by atoms with van der Waals surface area (Å²) in [6, 6.07) is 11.9. The Kier molecular flexibility index (Phi) is 8.02. The van der Waals surface area contributed by atoms with Crippen molar-refractivity contribution in [2.75, 3.05) is 19.5 Å². The molecule has 0 radical (unpaired) electrons. The number of amides is 2. The zero-order valence-corrected chi connectivity index (χ0v) is 16.3. The van der Waals surface area contributed by atoms with Crippen LogP contribution in [0.3, 0.4) is 0 Å². The first-order valence-electron chi connectivity index (χ1n) is 9.02. The number of hydrogen-bond acceptors (Lipinski definition) is 5. The van der Waals surface area contributed by atoms with E-state index in [1.807, 2.05) is 6.92 Å². The zero-order chi connectivity index (χ0) is 20.4. The zero-order valence-electron chi connectivity index (χ0n) is 16.3. The highest BCUT2D eigenvalue weighted by Gasteiger charge is 2.07. The Bertz CT molecular complexity index is 832. The second-order valence-electron chi connectivity index (χ2n) is 6.04. The maximum Gasteiger partial charge on any atom is 0.271 e. The molecule has 28 heavy (non-hydrogen) atoms. The fraction of sp³-hybridized carbons (Fsp3) is 0.286. The normalized spacial score (nSPS) is 10.5. The molecule has 0 spiro atoms. The van der Waals surface area contributed by atoms with Crippen LogP contribution in [0.5, 0.6) is 11.5 Å². The van der Waals surface area contributed by atoms with Crippen molar-refractivity contribution in [1.82, 2.24) is 5.43 Å². The molecule has 0 aliphatic rings. The Morgan fingerprint density at radius 1 is 1.07 bits per heavy atom. The molecule has 0 aromatic heterocycles. The van der Waals surface area contributed by atoms with Gasteiger partial charge in [-0.1, -0.05) is 13.3 Å². The number of hydrazone groups is 1. The molecule has 2 N–H and O–H groups in total. The van der Waals surface area contributed by atoms with Crippen molar-refractivity contribution < 1.29 is 19.1 Å². The van der Waals surface area contributed by atoms with Crippen molar-refractivity contribution in [3.63, 3.8) is 0 Å². The van der Waals surface area contributed by atoms with Gasteiger partial charge in [0, 0.05) is 29.3 Å². The average molecular weight is 383 g/mol. The quantitative estimate of drug-likeness (QED) is 0.511. The third kappa shape index (κ3) is 6.12. The van der Waals surface area contributed by atoms with Gasteiger partial charge in [-0.3, -0.25) is 9.59 Å². The third-order valence-electron chi connectivity index (χ3n) is 4.00. The highest BCUT2D eigenvalue weighted by molar-refractivity contribution is 5.96. The van der Waals surface area contributed by atoms with Gasteiger partial charge in [0.2, 0.25) is 5.91 Å². The minimum Gasteiger partial charge on any atom is -0.497 e. The van der Waals surface area contributed by atoms with Gasteiger partial charge in [0.25, 0.3) is 5.91 Å². The van der Waals surface area contributed by atoms with Crippen LogP contribution in [0.2, 0.25) is 0 Å². The first-order valence-corrected chi connectivity index (χ1v) is 9.02. The Balaban J connectivity index is 1.94. The maximum absolute atomic E-state index is 12.2. The molecule has 0 unspecified atom stereocenters. The van der Waals surface area contributed by atoms with Crippen LogP contribution in [0.1, 0.15) is 42.1 Å². The molecule has 0 aliphatic heterocycles. The number of rotatable bonds is 9. The average Bonchev–Trinajstić information content (AvgIpc) is 2.72. The summed E-state index contributed by atoms with van der Waals surface area (Å²) < 4.78 is 10.4. The summed E-state index contributed by atoms with van der Waals surface area (Å²) in [5, 5.41) is 6.78. The van der Waals surface area contributed by atoms with E-state index in [1.165, 1.54) is 6.21 Å². The lowest BCUT2D eigenvalue weighted by Gasteiger charge is -2.07. The molecule has 0 atom stereocenters. The van der Waals surface area contributed by atoms with Crippen LogP contribution in [0.4, 0.5) is 5.69 Å². The second kappa shape index (κ2) is 10.7. The number of anilines is 1. The van der Waals surface area contributed by atoms with Gasteiger partial charge in [-0.15, -0.1) is 0 Å². The second-order valence-corrected chi connectivity index (χ2v) is 6.04. The first kappa shape index (κ1) is 21.0. The Morgan fingerprint density at radius 3 is 2.46 bits per heavy atom. The fourth-order valence-electron chi connectivity index (χ4n) is 2.42. The third-order valence-corrected chi connectivity index (χ3v) is 4.00. The number of benzene rings is 2. The predicted molar refractivity (Wildman–Crippen MR) is 109 cm³/mol. The molecule has 2 aromatic carbocycles. The van der Waals surface area contributed by atoms with Gasteiger partial charge < -0.3 is 14.8 Å². The van der Waals surface area contributed by atoms with E-state index in [0.29, 0.717) is 34.7 Å². The van der Waals surface area contributed by atoms with Crippen LogP contribution >= 0.6 is 0 Å². The largest absolute Gasteiger partial charge is 0.497 e. The lowest BCUT2D eigenvalue weighted by atomic mass is 10.2. The molecule has 0 bridgehead atoms. The van der Waals surface area contributed by atoms with E-state index in [9.17, 15) is 9.59 Å². The van der Waals surface area contributed by atoms with Gasteiger partial charge in [0.05, 0.1) is 20.4 Å². The first-order chi connectivity index (χ1) is 13.6. The maximum atomic E-state index is 12.2. The summed E-state index contributed by atoms with van der Waals surface area (Å²) >= 11 is 0. The SMILES string of the molecule is CCCCC(=O)Nc1ccc(C(=O)N/N=C/c2ccc(OC)cc2OC)cc1. The molecule has 2 rings (SSSR count). The molecule has 2 aromatic rings. The van der Waals surface area contributed by atoms with Crippen LogP contribution < -0.4 is 20.2 Å². The summed E-state index contributed by atoms with van der Waals surface area (Å²) in [6.45, 7) is 2.04. The molecular weight excluding hydrogens is 358 g/mol. The van der Waals surface area contributed by atoms with E-state index in [2.05, 4.69) is 15.8 Å². The van der Waals surface area contributed by atoms with E-state index in [4.69, 9.17) is 9.47 Å². The molecular formula is C21H25N3O4. The standard InChI is InChI=1S/C21H25N3O4/c1-4-5-6-20(25)23-17-10-7-15(8-11-17)21(26)24-22-14-16-9-12-18(27-2)13-19(16)28-3/h7-14H,4-6H2,1-3H3,(H,23,25)(H,24,26)/b22-14+. The Hall–Kier alpha value is -3.35. The van der Waals surface area contributed by atoms with E-state index in [0.717, 1.165) is 12.8 Å². The minimum atomic E-state index is -0.354. The van der Waals surface area contributed by atoms with Crippen molar-refractivity contribution >= 4 is 23.7 Å². The number of carbonyl (C=O) groups is 2. The van der Waals surface area contributed by atoms with Crippen LogP contribution in [-0.4, -0.2) is 32.2 Å². The highest BCUT2D eigenvalue weighted by atomic mass is 16.5. The highest BCUT2D eigenvalue weighted by Crippen LogP contribution is 2.23. The lowest BCUT2D eigenvalue weighted by molar-refractivity contribution is -0.116. The van der Waals surface area contributed by atoms with Crippen molar-refractivity contribution in [2.45, 2.75) is 26.2 Å².